The first kappa shape index (κ1) is 14.2. The van der Waals surface area contributed by atoms with Gasteiger partial charge in [-0.1, -0.05) is 31.0 Å². The third-order valence-corrected chi connectivity index (χ3v) is 4.38. The molecule has 21 heavy (non-hydrogen) atoms. The number of amides is 2. The second kappa shape index (κ2) is 5.93. The maximum absolute atomic E-state index is 12.0. The lowest BCUT2D eigenvalue weighted by Crippen LogP contribution is -2.46. The highest BCUT2D eigenvalue weighted by atomic mass is 16.5. The number of ether oxygens (including phenoxy) is 1. The molecule has 5 heteroatoms. The van der Waals surface area contributed by atoms with Gasteiger partial charge in [0.2, 0.25) is 0 Å². The Hall–Kier alpha value is -1.75. The number of nitrogens with one attached hydrogen (secondary N) is 2. The minimum Gasteiger partial charge on any atom is -0.493 e. The quantitative estimate of drug-likeness (QED) is 0.798. The zero-order chi connectivity index (χ0) is 14.7. The monoisotopic (exact) mass is 290 g/mol. The molecule has 2 amide bonds. The van der Waals surface area contributed by atoms with Crippen molar-refractivity contribution in [2.45, 2.75) is 43.7 Å². The molecule has 3 rings (SSSR count). The Morgan fingerprint density at radius 3 is 2.90 bits per heavy atom. The fourth-order valence-electron chi connectivity index (χ4n) is 3.16. The summed E-state index contributed by atoms with van der Waals surface area (Å²) in [5.74, 6) is 0.837. The highest BCUT2D eigenvalue weighted by Crippen LogP contribution is 2.31. The molecule has 1 unspecified atom stereocenters. The number of hydrogen-bond acceptors (Lipinski definition) is 3. The van der Waals surface area contributed by atoms with Gasteiger partial charge < -0.3 is 20.5 Å². The van der Waals surface area contributed by atoms with Crippen molar-refractivity contribution in [3.8, 4) is 5.75 Å². The zero-order valence-corrected chi connectivity index (χ0v) is 12.1. The fraction of sp³-hybridized carbons (Fsp3) is 0.562. The molecule has 3 N–H and O–H groups in total. The number of rotatable bonds is 3. The number of benzene rings is 1. The molecule has 1 aliphatic heterocycles. The summed E-state index contributed by atoms with van der Waals surface area (Å²) in [5, 5.41) is 16.0. The largest absolute Gasteiger partial charge is 0.493 e. The van der Waals surface area contributed by atoms with E-state index < -0.39 is 5.60 Å². The van der Waals surface area contributed by atoms with Gasteiger partial charge in [-0.05, 0) is 18.9 Å². The van der Waals surface area contributed by atoms with Crippen LogP contribution in [0.3, 0.4) is 0 Å². The van der Waals surface area contributed by atoms with E-state index in [1.807, 2.05) is 24.3 Å². The van der Waals surface area contributed by atoms with Crippen molar-refractivity contribution in [2.75, 3.05) is 13.2 Å². The molecule has 1 fully saturated rings. The molecule has 0 aromatic heterocycles. The van der Waals surface area contributed by atoms with Gasteiger partial charge in [-0.25, -0.2) is 4.79 Å². The molecule has 0 bridgehead atoms. The number of hydrogen-bond donors (Lipinski definition) is 3. The van der Waals surface area contributed by atoms with Gasteiger partial charge in [0.1, 0.15) is 5.75 Å². The molecule has 0 radical (unpaired) electrons. The van der Waals surface area contributed by atoms with E-state index in [4.69, 9.17) is 4.74 Å². The van der Waals surface area contributed by atoms with E-state index in [1.165, 1.54) is 0 Å². The normalized spacial score (nSPS) is 23.0. The van der Waals surface area contributed by atoms with Crippen molar-refractivity contribution in [2.24, 2.45) is 0 Å². The third kappa shape index (κ3) is 3.29. The highest BCUT2D eigenvalue weighted by Gasteiger charge is 2.31. The lowest BCUT2D eigenvalue weighted by molar-refractivity contribution is 0.0499. The molecular formula is C16H22N2O3. The number of carbonyl (C=O) groups is 1. The minimum atomic E-state index is -0.717. The summed E-state index contributed by atoms with van der Waals surface area (Å²) in [4.78, 5) is 12.0. The second-order valence-electron chi connectivity index (χ2n) is 5.99. The zero-order valence-electron chi connectivity index (χ0n) is 12.1. The average molecular weight is 290 g/mol. The predicted molar refractivity (Wildman–Crippen MR) is 79.2 cm³/mol. The van der Waals surface area contributed by atoms with Crippen LogP contribution in [-0.2, 0) is 0 Å². The fourth-order valence-corrected chi connectivity index (χ4v) is 3.16. The van der Waals surface area contributed by atoms with E-state index in [2.05, 4.69) is 10.6 Å². The van der Waals surface area contributed by atoms with E-state index in [0.717, 1.165) is 43.4 Å². The Bertz CT molecular complexity index is 512. The van der Waals surface area contributed by atoms with E-state index >= 15 is 0 Å². The summed E-state index contributed by atoms with van der Waals surface area (Å²) in [7, 11) is 0. The average Bonchev–Trinajstić information content (AvgIpc) is 2.93. The lowest BCUT2D eigenvalue weighted by atomic mass is 10.0. The van der Waals surface area contributed by atoms with E-state index in [9.17, 15) is 9.90 Å². The molecule has 1 aromatic rings. The summed E-state index contributed by atoms with van der Waals surface area (Å²) in [5.41, 5.74) is 0.295. The molecule has 5 nitrogen and oxygen atoms in total. The minimum absolute atomic E-state index is 0.0341. The van der Waals surface area contributed by atoms with Crippen LogP contribution in [0.4, 0.5) is 4.79 Å². The first-order chi connectivity index (χ1) is 10.2. The summed E-state index contributed by atoms with van der Waals surface area (Å²) >= 11 is 0. The van der Waals surface area contributed by atoms with Crippen LogP contribution in [-0.4, -0.2) is 29.9 Å². The summed E-state index contributed by atoms with van der Waals surface area (Å²) in [6.45, 7) is 0.926. The van der Waals surface area contributed by atoms with Gasteiger partial charge in [0.15, 0.2) is 0 Å². The Balaban J connectivity index is 1.56. The lowest BCUT2D eigenvalue weighted by Gasteiger charge is -2.28. The van der Waals surface area contributed by atoms with Crippen molar-refractivity contribution >= 4 is 6.03 Å². The van der Waals surface area contributed by atoms with Gasteiger partial charge >= 0.3 is 6.03 Å². The van der Waals surface area contributed by atoms with Crippen LogP contribution >= 0.6 is 0 Å². The predicted octanol–water partition coefficient (Wildman–Crippen LogP) is 2.11. The van der Waals surface area contributed by atoms with Gasteiger partial charge in [-0.3, -0.25) is 0 Å². The Labute approximate surface area is 124 Å². The van der Waals surface area contributed by atoms with Crippen LogP contribution in [0.2, 0.25) is 0 Å². The molecular weight excluding hydrogens is 268 g/mol. The molecule has 1 heterocycles. The maximum Gasteiger partial charge on any atom is 0.315 e. The number of urea groups is 1. The molecule has 2 aliphatic rings. The Kier molecular flexibility index (Phi) is 4.01. The van der Waals surface area contributed by atoms with E-state index in [-0.39, 0.29) is 12.1 Å². The Morgan fingerprint density at radius 2 is 2.10 bits per heavy atom. The molecule has 1 aliphatic carbocycles. The molecule has 1 saturated carbocycles. The van der Waals surface area contributed by atoms with Crippen LogP contribution in [0.15, 0.2) is 24.3 Å². The molecule has 1 atom stereocenters. The number of para-hydroxylation sites is 1. The second-order valence-corrected chi connectivity index (χ2v) is 5.99. The van der Waals surface area contributed by atoms with Crippen LogP contribution in [0, 0.1) is 0 Å². The first-order valence-corrected chi connectivity index (χ1v) is 7.65. The van der Waals surface area contributed by atoms with Crippen LogP contribution < -0.4 is 15.4 Å². The van der Waals surface area contributed by atoms with Crippen LogP contribution in [0.25, 0.3) is 0 Å². The maximum atomic E-state index is 12.0. The van der Waals surface area contributed by atoms with Crippen molar-refractivity contribution in [1.29, 1.82) is 0 Å². The van der Waals surface area contributed by atoms with Crippen molar-refractivity contribution in [3.63, 3.8) is 0 Å². The van der Waals surface area contributed by atoms with Crippen LogP contribution in [0.1, 0.15) is 43.7 Å². The topological polar surface area (TPSA) is 70.6 Å². The van der Waals surface area contributed by atoms with Gasteiger partial charge in [0.25, 0.3) is 0 Å². The van der Waals surface area contributed by atoms with Crippen LogP contribution in [0.5, 0.6) is 5.75 Å². The number of carbonyl (C=O) groups excluding carboxylic acids is 1. The van der Waals surface area contributed by atoms with Gasteiger partial charge in [-0.15, -0.1) is 0 Å². The Morgan fingerprint density at radius 1 is 1.33 bits per heavy atom. The summed E-state index contributed by atoms with van der Waals surface area (Å²) < 4.78 is 5.58. The third-order valence-electron chi connectivity index (χ3n) is 4.38. The number of aliphatic hydroxyl groups is 1. The van der Waals surface area contributed by atoms with Crippen molar-refractivity contribution in [1.82, 2.24) is 10.6 Å². The van der Waals surface area contributed by atoms with Gasteiger partial charge in [0.05, 0.1) is 18.2 Å². The highest BCUT2D eigenvalue weighted by molar-refractivity contribution is 5.74. The van der Waals surface area contributed by atoms with Crippen molar-refractivity contribution in [3.05, 3.63) is 29.8 Å². The van der Waals surface area contributed by atoms with E-state index in [1.54, 1.807) is 0 Å². The standard InChI is InChI=1S/C16H22N2O3/c19-15(17-11-16(20)8-3-4-9-16)18-13-7-10-21-14-6-2-1-5-12(13)14/h1-2,5-6,13,20H,3-4,7-11H2,(H2,17,18,19). The van der Waals surface area contributed by atoms with Gasteiger partial charge in [0, 0.05) is 18.5 Å². The molecule has 0 saturated heterocycles. The van der Waals surface area contributed by atoms with E-state index in [0.29, 0.717) is 13.2 Å². The first-order valence-electron chi connectivity index (χ1n) is 7.65. The smallest absolute Gasteiger partial charge is 0.315 e. The molecule has 0 spiro atoms. The SMILES string of the molecule is O=C(NCC1(O)CCCC1)NC1CCOc2ccccc21. The molecule has 1 aromatic carbocycles. The summed E-state index contributed by atoms with van der Waals surface area (Å²) in [6, 6.07) is 7.51. The number of fused-ring (bicyclic) bond motifs is 1. The van der Waals surface area contributed by atoms with Gasteiger partial charge in [-0.2, -0.15) is 0 Å². The summed E-state index contributed by atoms with van der Waals surface area (Å²) in [6.07, 6.45) is 4.37. The molecule has 114 valence electrons. The van der Waals surface area contributed by atoms with Crippen molar-refractivity contribution < 1.29 is 14.6 Å².